The quantitative estimate of drug-likeness (QED) is 0.447. The van der Waals surface area contributed by atoms with E-state index >= 15 is 0 Å². The molecular weight excluding hydrogens is 292 g/mol. The zero-order valence-corrected chi connectivity index (χ0v) is 12.2. The van der Waals surface area contributed by atoms with Gasteiger partial charge in [0.25, 0.3) is 0 Å². The molecule has 0 aliphatic carbocycles. The molecule has 0 radical (unpaired) electrons. The van der Waals surface area contributed by atoms with Crippen molar-refractivity contribution in [3.8, 4) is 0 Å². The summed E-state index contributed by atoms with van der Waals surface area (Å²) in [4.78, 5) is 12.9. The third-order valence-electron chi connectivity index (χ3n) is 2.75. The fourth-order valence-electron chi connectivity index (χ4n) is 1.90. The van der Waals surface area contributed by atoms with Crippen LogP contribution >= 0.6 is 23.4 Å². The maximum absolute atomic E-state index is 5.99. The molecule has 0 saturated heterocycles. The number of nitrogens with one attached hydrogen (secondary N) is 1. The van der Waals surface area contributed by atoms with Gasteiger partial charge < -0.3 is 5.32 Å². The molecule has 0 amide bonds. The average molecular weight is 303 g/mol. The SMILES string of the molecule is CSc1nc(Cl)cc(Nc2cccc3cccnc23)n1. The van der Waals surface area contributed by atoms with Crippen LogP contribution in [-0.2, 0) is 0 Å². The minimum Gasteiger partial charge on any atom is -0.338 e. The van der Waals surface area contributed by atoms with Crippen LogP contribution < -0.4 is 5.32 Å². The molecule has 2 aromatic heterocycles. The normalized spacial score (nSPS) is 10.7. The molecule has 20 heavy (non-hydrogen) atoms. The monoisotopic (exact) mass is 302 g/mol. The van der Waals surface area contributed by atoms with Crippen LogP contribution in [0.15, 0.2) is 47.8 Å². The van der Waals surface area contributed by atoms with Gasteiger partial charge in [-0.15, -0.1) is 0 Å². The van der Waals surface area contributed by atoms with E-state index in [9.17, 15) is 0 Å². The highest BCUT2D eigenvalue weighted by atomic mass is 35.5. The van der Waals surface area contributed by atoms with Crippen LogP contribution in [0.4, 0.5) is 11.5 Å². The summed E-state index contributed by atoms with van der Waals surface area (Å²) in [6.45, 7) is 0. The minimum atomic E-state index is 0.417. The summed E-state index contributed by atoms with van der Waals surface area (Å²) in [6, 6.07) is 11.6. The largest absolute Gasteiger partial charge is 0.338 e. The predicted molar refractivity (Wildman–Crippen MR) is 83.8 cm³/mol. The third-order valence-corrected chi connectivity index (χ3v) is 3.49. The molecule has 1 N–H and O–H groups in total. The molecule has 0 aliphatic heterocycles. The van der Waals surface area contributed by atoms with E-state index in [-0.39, 0.29) is 0 Å². The minimum absolute atomic E-state index is 0.417. The van der Waals surface area contributed by atoms with Crippen molar-refractivity contribution >= 4 is 45.8 Å². The molecule has 0 saturated carbocycles. The van der Waals surface area contributed by atoms with Gasteiger partial charge in [0, 0.05) is 17.6 Å². The number of anilines is 2. The summed E-state index contributed by atoms with van der Waals surface area (Å²) in [5.41, 5.74) is 1.79. The van der Waals surface area contributed by atoms with Crippen molar-refractivity contribution in [1.29, 1.82) is 0 Å². The van der Waals surface area contributed by atoms with Gasteiger partial charge in [-0.25, -0.2) is 9.97 Å². The van der Waals surface area contributed by atoms with E-state index in [1.807, 2.05) is 36.6 Å². The van der Waals surface area contributed by atoms with Crippen LogP contribution in [0.5, 0.6) is 0 Å². The molecule has 3 aromatic rings. The smallest absolute Gasteiger partial charge is 0.190 e. The zero-order valence-electron chi connectivity index (χ0n) is 10.7. The van der Waals surface area contributed by atoms with Gasteiger partial charge in [0.15, 0.2) is 5.16 Å². The van der Waals surface area contributed by atoms with Crippen molar-refractivity contribution in [2.24, 2.45) is 0 Å². The van der Waals surface area contributed by atoms with E-state index in [1.54, 1.807) is 12.3 Å². The number of aromatic nitrogens is 3. The molecule has 100 valence electrons. The van der Waals surface area contributed by atoms with E-state index in [0.29, 0.717) is 16.1 Å². The molecule has 2 heterocycles. The number of rotatable bonds is 3. The summed E-state index contributed by atoms with van der Waals surface area (Å²) >= 11 is 7.44. The Balaban J connectivity index is 2.03. The lowest BCUT2D eigenvalue weighted by atomic mass is 10.2. The summed E-state index contributed by atoms with van der Waals surface area (Å²) in [5, 5.41) is 5.37. The molecule has 4 nitrogen and oxygen atoms in total. The number of nitrogens with zero attached hydrogens (tertiary/aromatic N) is 3. The molecule has 0 unspecified atom stereocenters. The second-order valence-electron chi connectivity index (χ2n) is 4.07. The highest BCUT2D eigenvalue weighted by molar-refractivity contribution is 7.98. The average Bonchev–Trinajstić information content (AvgIpc) is 2.47. The van der Waals surface area contributed by atoms with Crippen LogP contribution in [0.3, 0.4) is 0 Å². The van der Waals surface area contributed by atoms with E-state index in [2.05, 4.69) is 20.3 Å². The van der Waals surface area contributed by atoms with Crippen molar-refractivity contribution in [2.45, 2.75) is 5.16 Å². The van der Waals surface area contributed by atoms with Crippen LogP contribution in [0.2, 0.25) is 5.15 Å². The number of halogens is 1. The van der Waals surface area contributed by atoms with E-state index in [4.69, 9.17) is 11.6 Å². The van der Waals surface area contributed by atoms with Crippen molar-refractivity contribution < 1.29 is 0 Å². The van der Waals surface area contributed by atoms with Gasteiger partial charge in [-0.2, -0.15) is 0 Å². The number of fused-ring (bicyclic) bond motifs is 1. The highest BCUT2D eigenvalue weighted by Gasteiger charge is 2.06. The second kappa shape index (κ2) is 5.64. The van der Waals surface area contributed by atoms with E-state index in [1.165, 1.54) is 11.8 Å². The Morgan fingerprint density at radius 1 is 1.15 bits per heavy atom. The molecule has 6 heteroatoms. The summed E-state index contributed by atoms with van der Waals surface area (Å²) < 4.78 is 0. The lowest BCUT2D eigenvalue weighted by Gasteiger charge is -2.09. The maximum Gasteiger partial charge on any atom is 0.190 e. The Morgan fingerprint density at radius 2 is 2.00 bits per heavy atom. The number of para-hydroxylation sites is 1. The third kappa shape index (κ3) is 2.69. The topological polar surface area (TPSA) is 50.7 Å². The van der Waals surface area contributed by atoms with Crippen molar-refractivity contribution in [3.63, 3.8) is 0 Å². The van der Waals surface area contributed by atoms with Gasteiger partial charge in [0.05, 0.1) is 11.2 Å². The van der Waals surface area contributed by atoms with Crippen LogP contribution in [0.1, 0.15) is 0 Å². The standard InChI is InChI=1S/C14H11ClN4S/c1-20-14-18-11(15)8-12(19-14)17-10-6-2-4-9-5-3-7-16-13(9)10/h2-8H,1H3,(H,17,18,19). The van der Waals surface area contributed by atoms with E-state index in [0.717, 1.165) is 16.6 Å². The Hall–Kier alpha value is -1.85. The van der Waals surface area contributed by atoms with Gasteiger partial charge >= 0.3 is 0 Å². The van der Waals surface area contributed by atoms with Gasteiger partial charge in [-0.1, -0.05) is 41.6 Å². The number of thioether (sulfide) groups is 1. The van der Waals surface area contributed by atoms with Gasteiger partial charge in [0.1, 0.15) is 11.0 Å². The lowest BCUT2D eigenvalue weighted by Crippen LogP contribution is -1.98. The first-order chi connectivity index (χ1) is 9.76. The molecule has 0 atom stereocenters. The molecule has 0 bridgehead atoms. The highest BCUT2D eigenvalue weighted by Crippen LogP contribution is 2.25. The predicted octanol–water partition coefficient (Wildman–Crippen LogP) is 4.14. The Morgan fingerprint density at radius 3 is 2.85 bits per heavy atom. The maximum atomic E-state index is 5.99. The van der Waals surface area contributed by atoms with Crippen molar-refractivity contribution in [3.05, 3.63) is 47.7 Å². The Kier molecular flexibility index (Phi) is 3.71. The fourth-order valence-corrected chi connectivity index (χ4v) is 2.51. The lowest BCUT2D eigenvalue weighted by molar-refractivity contribution is 0.976. The molecule has 1 aromatic carbocycles. The van der Waals surface area contributed by atoms with Crippen molar-refractivity contribution in [1.82, 2.24) is 15.0 Å². The molecule has 0 spiro atoms. The fraction of sp³-hybridized carbons (Fsp3) is 0.0714. The molecular formula is C14H11ClN4S. The first kappa shape index (κ1) is 13.1. The number of benzene rings is 1. The number of hydrogen-bond donors (Lipinski definition) is 1. The molecule has 3 rings (SSSR count). The first-order valence-corrected chi connectivity index (χ1v) is 7.56. The molecule has 0 aliphatic rings. The summed E-state index contributed by atoms with van der Waals surface area (Å²) in [5.74, 6) is 0.660. The Bertz CT molecular complexity index is 758. The van der Waals surface area contributed by atoms with Gasteiger partial charge in [-0.3, -0.25) is 4.98 Å². The summed E-state index contributed by atoms with van der Waals surface area (Å²) in [7, 11) is 0. The Labute approximate surface area is 125 Å². The van der Waals surface area contributed by atoms with Crippen LogP contribution in [-0.4, -0.2) is 21.2 Å². The van der Waals surface area contributed by atoms with Crippen molar-refractivity contribution in [2.75, 3.05) is 11.6 Å². The van der Waals surface area contributed by atoms with Crippen LogP contribution in [0, 0.1) is 0 Å². The number of hydrogen-bond acceptors (Lipinski definition) is 5. The first-order valence-electron chi connectivity index (χ1n) is 5.95. The van der Waals surface area contributed by atoms with E-state index < -0.39 is 0 Å². The van der Waals surface area contributed by atoms with Crippen LogP contribution in [0.25, 0.3) is 10.9 Å². The molecule has 0 fully saturated rings. The van der Waals surface area contributed by atoms with Gasteiger partial charge in [-0.05, 0) is 18.4 Å². The summed E-state index contributed by atoms with van der Waals surface area (Å²) in [6.07, 6.45) is 3.68. The zero-order chi connectivity index (χ0) is 13.9. The second-order valence-corrected chi connectivity index (χ2v) is 5.23. The number of pyridine rings is 1. The van der Waals surface area contributed by atoms with Gasteiger partial charge in [0.2, 0.25) is 0 Å².